The Bertz CT molecular complexity index is 787. The van der Waals surface area contributed by atoms with Gasteiger partial charge in [-0.1, -0.05) is 27.7 Å². The number of hydrogen-bond acceptors (Lipinski definition) is 4. The largest absolute Gasteiger partial charge is 0.354 e. The summed E-state index contributed by atoms with van der Waals surface area (Å²) < 4.78 is 18.8. The van der Waals surface area contributed by atoms with Gasteiger partial charge >= 0.3 is 13.3 Å². The maximum absolute atomic E-state index is 12.1. The number of hydrogen-bond donors (Lipinski definition) is 3. The summed E-state index contributed by atoms with van der Waals surface area (Å²) in [6.07, 6.45) is 0.775. The molecule has 1 saturated heterocycles. The van der Waals surface area contributed by atoms with E-state index in [0.717, 1.165) is 0 Å². The summed E-state index contributed by atoms with van der Waals surface area (Å²) in [4.78, 5) is 44.6. The molecule has 0 saturated carbocycles. The van der Waals surface area contributed by atoms with Crippen LogP contribution in [0, 0.1) is 24.2 Å². The molecule has 9 heteroatoms. The van der Waals surface area contributed by atoms with Gasteiger partial charge in [-0.3, -0.25) is 18.9 Å². The first-order valence-electron chi connectivity index (χ1n) is 8.31. The van der Waals surface area contributed by atoms with Crippen LogP contribution in [0.1, 0.15) is 45.9 Å². The molecule has 1 aromatic rings. The number of rotatable bonds is 4. The third-order valence-corrected chi connectivity index (χ3v) is 5.87. The zero-order valence-electron chi connectivity index (χ0n) is 15.2. The normalized spacial score (nSPS) is 26.0. The van der Waals surface area contributed by atoms with Gasteiger partial charge in [0.15, 0.2) is 0 Å². The fourth-order valence-corrected chi connectivity index (χ4v) is 4.48. The van der Waals surface area contributed by atoms with E-state index >= 15 is 0 Å². The molecule has 0 bridgehead atoms. The van der Waals surface area contributed by atoms with Crippen LogP contribution in [0.3, 0.4) is 0 Å². The van der Waals surface area contributed by atoms with Gasteiger partial charge in [-0.25, -0.2) is 4.79 Å². The van der Waals surface area contributed by atoms with Gasteiger partial charge < -0.3 is 14.5 Å². The molecule has 4 atom stereocenters. The lowest BCUT2D eigenvalue weighted by molar-refractivity contribution is -0.0391. The molecule has 1 unspecified atom stereocenters. The van der Waals surface area contributed by atoms with E-state index in [9.17, 15) is 23.9 Å². The molecule has 0 spiro atoms. The van der Waals surface area contributed by atoms with Crippen LogP contribution in [0.4, 0.5) is 0 Å². The molecule has 25 heavy (non-hydrogen) atoms. The molecule has 8 nitrogen and oxygen atoms in total. The number of nitrogens with zero attached hydrogens (tertiary/aromatic N) is 1. The Balaban J connectivity index is 2.36. The van der Waals surface area contributed by atoms with Crippen molar-refractivity contribution >= 4 is 7.60 Å². The highest BCUT2D eigenvalue weighted by atomic mass is 31.2. The van der Waals surface area contributed by atoms with Gasteiger partial charge in [0.2, 0.25) is 0 Å². The van der Waals surface area contributed by atoms with Crippen LogP contribution in [-0.2, 0) is 9.30 Å². The minimum Gasteiger partial charge on any atom is -0.354 e. The van der Waals surface area contributed by atoms with E-state index in [1.165, 1.54) is 10.8 Å². The van der Waals surface area contributed by atoms with Crippen molar-refractivity contribution < 1.29 is 19.1 Å². The lowest BCUT2D eigenvalue weighted by atomic mass is 9.74. The smallest absolute Gasteiger partial charge is 0.330 e. The Morgan fingerprint density at radius 2 is 2.00 bits per heavy atom. The van der Waals surface area contributed by atoms with Crippen molar-refractivity contribution in [1.29, 1.82) is 0 Å². The molecule has 1 aliphatic rings. The Hall–Kier alpha value is -1.21. The highest BCUT2D eigenvalue weighted by molar-refractivity contribution is 7.51. The molecule has 1 aromatic heterocycles. The maximum Gasteiger partial charge on any atom is 0.330 e. The SMILES string of the molecule is Cc1cn([C@H]2CC(C(C)(C)C)[C@@H]([C@@H](C)CP(=O)(O)O)O2)c(=O)[nH]c1=O. The molecule has 1 aliphatic heterocycles. The first-order chi connectivity index (χ1) is 11.3. The maximum atomic E-state index is 12.1. The molecule has 0 radical (unpaired) electrons. The first kappa shape index (κ1) is 20.1. The molecule has 2 heterocycles. The Morgan fingerprint density at radius 3 is 2.52 bits per heavy atom. The third kappa shape index (κ3) is 4.70. The summed E-state index contributed by atoms with van der Waals surface area (Å²) in [6, 6.07) is 0. The predicted octanol–water partition coefficient (Wildman–Crippen LogP) is 1.61. The fraction of sp³-hybridized carbons (Fsp3) is 0.750. The van der Waals surface area contributed by atoms with Gasteiger partial charge in [0, 0.05) is 11.8 Å². The quantitative estimate of drug-likeness (QED) is 0.689. The van der Waals surface area contributed by atoms with E-state index in [1.807, 2.05) is 20.8 Å². The van der Waals surface area contributed by atoms with Crippen LogP contribution in [0.25, 0.3) is 0 Å². The number of ether oxygens (including phenoxy) is 1. The molecular weight excluding hydrogens is 347 g/mol. The molecule has 3 N–H and O–H groups in total. The Labute approximate surface area is 146 Å². The molecule has 1 fully saturated rings. The van der Waals surface area contributed by atoms with Crippen LogP contribution in [0.5, 0.6) is 0 Å². The summed E-state index contributed by atoms with van der Waals surface area (Å²) >= 11 is 0. The summed E-state index contributed by atoms with van der Waals surface area (Å²) in [5, 5.41) is 0. The second-order valence-corrected chi connectivity index (χ2v) is 9.76. The van der Waals surface area contributed by atoms with Crippen molar-refractivity contribution in [3.05, 3.63) is 32.6 Å². The average molecular weight is 374 g/mol. The molecule has 0 amide bonds. The van der Waals surface area contributed by atoms with E-state index in [2.05, 4.69) is 4.98 Å². The number of aromatic nitrogens is 2. The van der Waals surface area contributed by atoms with Crippen LogP contribution < -0.4 is 11.2 Å². The van der Waals surface area contributed by atoms with Crippen molar-refractivity contribution in [2.75, 3.05) is 6.16 Å². The van der Waals surface area contributed by atoms with Gasteiger partial charge in [-0.05, 0) is 30.6 Å². The average Bonchev–Trinajstić information content (AvgIpc) is 2.86. The molecule has 0 aliphatic carbocycles. The van der Waals surface area contributed by atoms with Crippen LogP contribution in [-0.4, -0.2) is 31.6 Å². The van der Waals surface area contributed by atoms with Gasteiger partial charge in [0.05, 0.1) is 12.3 Å². The molecule has 0 aromatic carbocycles. The van der Waals surface area contributed by atoms with E-state index in [0.29, 0.717) is 12.0 Å². The highest BCUT2D eigenvalue weighted by Crippen LogP contribution is 2.48. The number of aryl methyl sites for hydroxylation is 1. The lowest BCUT2D eigenvalue weighted by Gasteiger charge is -2.33. The van der Waals surface area contributed by atoms with E-state index in [-0.39, 0.29) is 23.4 Å². The lowest BCUT2D eigenvalue weighted by Crippen LogP contribution is -2.35. The van der Waals surface area contributed by atoms with E-state index < -0.39 is 31.2 Å². The van der Waals surface area contributed by atoms with Crippen molar-refractivity contribution in [1.82, 2.24) is 9.55 Å². The number of nitrogens with one attached hydrogen (secondary N) is 1. The van der Waals surface area contributed by atoms with Gasteiger partial charge in [-0.2, -0.15) is 0 Å². The number of H-pyrrole nitrogens is 1. The molecule has 142 valence electrons. The second-order valence-electron chi connectivity index (χ2n) is 8.07. The predicted molar refractivity (Wildman–Crippen MR) is 93.6 cm³/mol. The summed E-state index contributed by atoms with van der Waals surface area (Å²) in [5.74, 6) is -0.354. The van der Waals surface area contributed by atoms with Crippen molar-refractivity contribution in [3.63, 3.8) is 0 Å². The molecule has 2 rings (SSSR count). The second kappa shape index (κ2) is 6.83. The zero-order chi connectivity index (χ0) is 19.2. The minimum absolute atomic E-state index is 0.0122. The van der Waals surface area contributed by atoms with Crippen molar-refractivity contribution in [3.8, 4) is 0 Å². The van der Waals surface area contributed by atoms with Gasteiger partial charge in [-0.15, -0.1) is 0 Å². The minimum atomic E-state index is -4.16. The monoisotopic (exact) mass is 374 g/mol. The van der Waals surface area contributed by atoms with Crippen LogP contribution in [0.2, 0.25) is 0 Å². The van der Waals surface area contributed by atoms with E-state index in [4.69, 9.17) is 4.74 Å². The third-order valence-electron chi connectivity index (χ3n) is 4.82. The molecular formula is C16H27N2O6P. The topological polar surface area (TPSA) is 122 Å². The van der Waals surface area contributed by atoms with Crippen LogP contribution in [0.15, 0.2) is 15.8 Å². The van der Waals surface area contributed by atoms with Crippen molar-refractivity contribution in [2.45, 2.75) is 53.4 Å². The Morgan fingerprint density at radius 1 is 1.40 bits per heavy atom. The van der Waals surface area contributed by atoms with E-state index in [1.54, 1.807) is 13.8 Å². The van der Waals surface area contributed by atoms with Crippen LogP contribution >= 0.6 is 7.60 Å². The van der Waals surface area contributed by atoms with Gasteiger partial charge in [0.25, 0.3) is 5.56 Å². The van der Waals surface area contributed by atoms with Gasteiger partial charge in [0.1, 0.15) is 6.23 Å². The Kier molecular flexibility index (Phi) is 5.50. The first-order valence-corrected chi connectivity index (χ1v) is 10.1. The fourth-order valence-electron chi connectivity index (χ4n) is 3.52. The zero-order valence-corrected chi connectivity index (χ0v) is 16.1. The summed E-state index contributed by atoms with van der Waals surface area (Å²) in [7, 11) is -4.16. The highest BCUT2D eigenvalue weighted by Gasteiger charge is 2.46. The van der Waals surface area contributed by atoms with Crippen molar-refractivity contribution in [2.24, 2.45) is 17.3 Å². The number of aromatic amines is 1. The summed E-state index contributed by atoms with van der Waals surface area (Å²) in [5.41, 5.74) is -0.736. The summed E-state index contributed by atoms with van der Waals surface area (Å²) in [6.45, 7) is 9.50. The standard InChI is InChI=1S/C16H27N2O6P/c1-9-7-18(15(20)17-14(9)19)12-6-11(16(3,4)5)13(24-12)10(2)8-25(21,22)23/h7,10-13H,6,8H2,1-5H3,(H,17,19,20)(H2,21,22,23)/t10-,11?,12+,13+/m0/s1.